The van der Waals surface area contributed by atoms with Crippen molar-refractivity contribution in [2.75, 3.05) is 5.75 Å². The minimum atomic E-state index is 0.178. The molecular weight excluding hydrogens is 226 g/mol. The highest BCUT2D eigenvalue weighted by Crippen LogP contribution is 2.18. The van der Waals surface area contributed by atoms with Crippen LogP contribution in [-0.2, 0) is 5.75 Å². The number of hydrogen-bond donors (Lipinski definition) is 1. The molecule has 0 fully saturated rings. The van der Waals surface area contributed by atoms with Crippen molar-refractivity contribution in [3.63, 3.8) is 0 Å². The van der Waals surface area contributed by atoms with Gasteiger partial charge in [-0.3, -0.25) is 0 Å². The van der Waals surface area contributed by atoms with Gasteiger partial charge in [0, 0.05) is 11.8 Å². The molecule has 0 saturated carbocycles. The Labute approximate surface area is 97.4 Å². The van der Waals surface area contributed by atoms with Gasteiger partial charge in [0.25, 0.3) is 0 Å². The molecule has 2 heterocycles. The minimum absolute atomic E-state index is 0.178. The summed E-state index contributed by atoms with van der Waals surface area (Å²) in [7, 11) is 0. The van der Waals surface area contributed by atoms with Crippen LogP contribution in [0.15, 0.2) is 27.3 Å². The third-order valence-corrected chi connectivity index (χ3v) is 3.03. The van der Waals surface area contributed by atoms with Crippen LogP contribution in [0.3, 0.4) is 0 Å². The van der Waals surface area contributed by atoms with E-state index in [-0.39, 0.29) is 6.04 Å². The number of thioether (sulfide) groups is 1. The fourth-order valence-corrected chi connectivity index (χ4v) is 1.93. The summed E-state index contributed by atoms with van der Waals surface area (Å²) in [6, 6.07) is 3.76. The monoisotopic (exact) mass is 239 g/mol. The predicted molar refractivity (Wildman–Crippen MR) is 61.8 cm³/mol. The lowest BCUT2D eigenvalue weighted by Crippen LogP contribution is -2.17. The first-order chi connectivity index (χ1) is 7.75. The Kier molecular flexibility index (Phi) is 3.63. The Hall–Kier alpha value is -1.27. The van der Waals surface area contributed by atoms with E-state index in [1.807, 2.05) is 6.92 Å². The second kappa shape index (κ2) is 5.18. The van der Waals surface area contributed by atoms with Crippen LogP contribution < -0.4 is 5.73 Å². The van der Waals surface area contributed by atoms with Crippen LogP contribution in [-0.4, -0.2) is 21.9 Å². The molecule has 0 aliphatic heterocycles. The molecule has 86 valence electrons. The summed E-state index contributed by atoms with van der Waals surface area (Å²) in [5, 5.41) is 3.83. The number of rotatable bonds is 5. The average molecular weight is 239 g/mol. The quantitative estimate of drug-likeness (QED) is 0.858. The van der Waals surface area contributed by atoms with Gasteiger partial charge in [-0.2, -0.15) is 16.7 Å². The molecule has 0 spiro atoms. The first-order valence-corrected chi connectivity index (χ1v) is 6.11. The van der Waals surface area contributed by atoms with E-state index in [0.717, 1.165) is 5.75 Å². The molecule has 0 aromatic carbocycles. The van der Waals surface area contributed by atoms with Gasteiger partial charge in [0.1, 0.15) is 0 Å². The van der Waals surface area contributed by atoms with E-state index >= 15 is 0 Å². The summed E-state index contributed by atoms with van der Waals surface area (Å²) in [4.78, 5) is 4.22. The van der Waals surface area contributed by atoms with Gasteiger partial charge in [-0.25, -0.2) is 0 Å². The van der Waals surface area contributed by atoms with Gasteiger partial charge in [0.15, 0.2) is 5.76 Å². The van der Waals surface area contributed by atoms with Crippen molar-refractivity contribution in [1.29, 1.82) is 0 Å². The van der Waals surface area contributed by atoms with Gasteiger partial charge >= 0.3 is 0 Å². The number of nitrogens with two attached hydrogens (primary N) is 1. The third kappa shape index (κ3) is 2.86. The largest absolute Gasteiger partial charge is 0.461 e. The summed E-state index contributed by atoms with van der Waals surface area (Å²) in [6.45, 7) is 1.97. The van der Waals surface area contributed by atoms with Gasteiger partial charge in [0.05, 0.1) is 12.0 Å². The molecule has 0 aliphatic rings. The third-order valence-electron chi connectivity index (χ3n) is 1.82. The van der Waals surface area contributed by atoms with Crippen LogP contribution in [0, 0.1) is 0 Å². The van der Waals surface area contributed by atoms with Gasteiger partial charge < -0.3 is 14.7 Å². The lowest BCUT2D eigenvalue weighted by Gasteiger charge is -2.00. The molecule has 1 unspecified atom stereocenters. The maximum atomic E-state index is 5.64. The maximum Gasteiger partial charge on any atom is 0.238 e. The van der Waals surface area contributed by atoms with E-state index in [1.165, 1.54) is 0 Å². The highest BCUT2D eigenvalue weighted by Gasteiger charge is 2.10. The van der Waals surface area contributed by atoms with Crippen LogP contribution >= 0.6 is 11.8 Å². The topological polar surface area (TPSA) is 78.1 Å². The van der Waals surface area contributed by atoms with Crippen LogP contribution in [0.2, 0.25) is 0 Å². The maximum absolute atomic E-state index is 5.64. The van der Waals surface area contributed by atoms with Gasteiger partial charge in [-0.05, 0) is 19.1 Å². The van der Waals surface area contributed by atoms with Crippen molar-refractivity contribution < 1.29 is 8.94 Å². The Morgan fingerprint density at radius 2 is 2.44 bits per heavy atom. The van der Waals surface area contributed by atoms with Gasteiger partial charge in [-0.1, -0.05) is 5.16 Å². The van der Waals surface area contributed by atoms with Crippen LogP contribution in [0.4, 0.5) is 0 Å². The molecule has 2 N–H and O–H groups in total. The molecule has 2 aromatic rings. The molecule has 0 radical (unpaired) electrons. The molecular formula is C10H13N3O2S. The zero-order valence-electron chi connectivity index (χ0n) is 8.92. The molecule has 0 amide bonds. The SMILES string of the molecule is CC(N)CSCc1nc(-c2ccco2)no1. The summed E-state index contributed by atoms with van der Waals surface area (Å²) >= 11 is 1.67. The van der Waals surface area contributed by atoms with E-state index in [2.05, 4.69) is 10.1 Å². The lowest BCUT2D eigenvalue weighted by atomic mass is 10.4. The fourth-order valence-electron chi connectivity index (χ4n) is 1.15. The van der Waals surface area contributed by atoms with E-state index < -0.39 is 0 Å². The Morgan fingerprint density at radius 1 is 1.56 bits per heavy atom. The van der Waals surface area contributed by atoms with E-state index in [0.29, 0.717) is 23.2 Å². The number of furan rings is 1. The highest BCUT2D eigenvalue weighted by molar-refractivity contribution is 7.98. The molecule has 2 rings (SSSR count). The normalized spacial score (nSPS) is 12.9. The Bertz CT molecular complexity index is 425. The van der Waals surface area contributed by atoms with E-state index in [1.54, 1.807) is 30.2 Å². The lowest BCUT2D eigenvalue weighted by molar-refractivity contribution is 0.390. The van der Waals surface area contributed by atoms with Gasteiger partial charge in [0.2, 0.25) is 11.7 Å². The van der Waals surface area contributed by atoms with Crippen molar-refractivity contribution in [1.82, 2.24) is 10.1 Å². The van der Waals surface area contributed by atoms with Crippen molar-refractivity contribution in [3.8, 4) is 11.6 Å². The number of aromatic nitrogens is 2. The molecule has 6 heteroatoms. The van der Waals surface area contributed by atoms with Crippen LogP contribution in [0.5, 0.6) is 0 Å². The Balaban J connectivity index is 1.93. The molecule has 0 saturated heterocycles. The summed E-state index contributed by atoms with van der Waals surface area (Å²) < 4.78 is 10.3. The fraction of sp³-hybridized carbons (Fsp3) is 0.400. The zero-order valence-corrected chi connectivity index (χ0v) is 9.74. The molecule has 0 aliphatic carbocycles. The average Bonchev–Trinajstić information content (AvgIpc) is 2.85. The van der Waals surface area contributed by atoms with Crippen molar-refractivity contribution in [3.05, 3.63) is 24.3 Å². The van der Waals surface area contributed by atoms with Crippen LogP contribution in [0.25, 0.3) is 11.6 Å². The van der Waals surface area contributed by atoms with Gasteiger partial charge in [-0.15, -0.1) is 0 Å². The molecule has 5 nitrogen and oxygen atoms in total. The summed E-state index contributed by atoms with van der Waals surface area (Å²) in [5.41, 5.74) is 5.64. The second-order valence-corrected chi connectivity index (χ2v) is 4.51. The van der Waals surface area contributed by atoms with Crippen molar-refractivity contribution in [2.24, 2.45) is 5.73 Å². The first-order valence-electron chi connectivity index (χ1n) is 4.95. The minimum Gasteiger partial charge on any atom is -0.461 e. The van der Waals surface area contributed by atoms with Crippen LogP contribution in [0.1, 0.15) is 12.8 Å². The van der Waals surface area contributed by atoms with E-state index in [9.17, 15) is 0 Å². The van der Waals surface area contributed by atoms with Crippen molar-refractivity contribution in [2.45, 2.75) is 18.7 Å². The standard InChI is InChI=1S/C10H13N3O2S/c1-7(11)5-16-6-9-12-10(13-15-9)8-3-2-4-14-8/h2-4,7H,5-6,11H2,1H3. The highest BCUT2D eigenvalue weighted by atomic mass is 32.2. The number of hydrogen-bond acceptors (Lipinski definition) is 6. The Morgan fingerprint density at radius 3 is 3.12 bits per heavy atom. The summed E-state index contributed by atoms with van der Waals surface area (Å²) in [6.07, 6.45) is 1.58. The molecule has 1 atom stereocenters. The van der Waals surface area contributed by atoms with E-state index in [4.69, 9.17) is 14.7 Å². The molecule has 16 heavy (non-hydrogen) atoms. The summed E-state index contributed by atoms with van der Waals surface area (Å²) in [5.74, 6) is 3.25. The zero-order chi connectivity index (χ0) is 11.4. The first kappa shape index (κ1) is 11.2. The predicted octanol–water partition coefficient (Wildman–Crippen LogP) is 1.91. The van der Waals surface area contributed by atoms with Crippen molar-refractivity contribution >= 4 is 11.8 Å². The molecule has 2 aromatic heterocycles. The molecule has 0 bridgehead atoms. The smallest absolute Gasteiger partial charge is 0.238 e. The number of nitrogens with zero attached hydrogens (tertiary/aromatic N) is 2. The second-order valence-electron chi connectivity index (χ2n) is 3.48.